The van der Waals surface area contributed by atoms with Gasteiger partial charge in [-0.3, -0.25) is 0 Å². The number of carbonyl (C=O) groups excluding carboxylic acids is 1. The van der Waals surface area contributed by atoms with E-state index in [1.807, 2.05) is 63.3 Å². The summed E-state index contributed by atoms with van der Waals surface area (Å²) in [7, 11) is 0. The van der Waals surface area contributed by atoms with E-state index in [-0.39, 0.29) is 23.4 Å². The second-order valence-corrected chi connectivity index (χ2v) is 12.2. The van der Waals surface area contributed by atoms with Gasteiger partial charge in [0.05, 0.1) is 12.7 Å². The van der Waals surface area contributed by atoms with Gasteiger partial charge in [-0.05, 0) is 76.8 Å². The summed E-state index contributed by atoms with van der Waals surface area (Å²) in [5, 5.41) is 10.7. The molecule has 0 unspecified atom stereocenters. The molecule has 0 aliphatic heterocycles. The standard InChI is InChI=1S/C34H46O4/c1-32(2,3)38-31(36)27-37-25-19-29-17-8-10-20-33(29,4)21-11-9-18-30(35)26-34(23-13-24-34)22-12-16-28-14-6-5-7-15-28/h5-7,9,11,14-15,18-19,21,30,35H,8,10,13,17,20,22-27H2,1-4H3/b18-9+,21-11+,29-19+/t30-,33-/m0/s1. The number of allylic oxidation sites excluding steroid dienone is 4. The summed E-state index contributed by atoms with van der Waals surface area (Å²) < 4.78 is 10.9. The maximum absolute atomic E-state index is 11.9. The van der Waals surface area contributed by atoms with E-state index in [4.69, 9.17) is 9.47 Å². The lowest BCUT2D eigenvalue weighted by molar-refractivity contribution is -0.159. The molecule has 2 saturated carbocycles. The van der Waals surface area contributed by atoms with Crippen LogP contribution >= 0.6 is 0 Å². The van der Waals surface area contributed by atoms with Crippen LogP contribution in [0.3, 0.4) is 0 Å². The Morgan fingerprint density at radius 2 is 1.87 bits per heavy atom. The van der Waals surface area contributed by atoms with E-state index in [9.17, 15) is 9.90 Å². The highest BCUT2D eigenvalue weighted by Gasteiger charge is 2.37. The van der Waals surface area contributed by atoms with Crippen LogP contribution in [0.15, 0.2) is 66.3 Å². The van der Waals surface area contributed by atoms with E-state index in [1.165, 1.54) is 24.8 Å². The number of hydrogen-bond acceptors (Lipinski definition) is 4. The van der Waals surface area contributed by atoms with Gasteiger partial charge in [0.15, 0.2) is 0 Å². The number of benzene rings is 1. The molecule has 4 heteroatoms. The summed E-state index contributed by atoms with van der Waals surface area (Å²) in [6.07, 6.45) is 19.5. The maximum Gasteiger partial charge on any atom is 0.332 e. The van der Waals surface area contributed by atoms with E-state index in [2.05, 4.69) is 37.0 Å². The fourth-order valence-electron chi connectivity index (χ4n) is 5.41. The average molecular weight is 519 g/mol. The molecule has 0 radical (unpaired) electrons. The number of rotatable bonds is 10. The molecule has 2 aliphatic rings. The molecule has 206 valence electrons. The molecule has 2 aliphatic carbocycles. The van der Waals surface area contributed by atoms with Crippen LogP contribution in [0.2, 0.25) is 0 Å². The minimum absolute atomic E-state index is 0.0342. The molecule has 4 nitrogen and oxygen atoms in total. The Kier molecular flexibility index (Phi) is 11.0. The van der Waals surface area contributed by atoms with Crippen molar-refractivity contribution >= 4 is 5.97 Å². The zero-order chi connectivity index (χ0) is 27.5. The third-order valence-electron chi connectivity index (χ3n) is 7.65. The molecule has 38 heavy (non-hydrogen) atoms. The lowest BCUT2D eigenvalue weighted by Gasteiger charge is -2.41. The van der Waals surface area contributed by atoms with Crippen molar-refractivity contribution in [3.8, 4) is 11.8 Å². The van der Waals surface area contributed by atoms with Crippen LogP contribution in [0.4, 0.5) is 0 Å². The highest BCUT2D eigenvalue weighted by Crippen LogP contribution is 2.47. The van der Waals surface area contributed by atoms with Crippen molar-refractivity contribution in [2.24, 2.45) is 10.8 Å². The quantitative estimate of drug-likeness (QED) is 0.116. The topological polar surface area (TPSA) is 55.8 Å². The van der Waals surface area contributed by atoms with E-state index < -0.39 is 11.7 Å². The van der Waals surface area contributed by atoms with Gasteiger partial charge in [-0.25, -0.2) is 4.79 Å². The van der Waals surface area contributed by atoms with Gasteiger partial charge in [0.2, 0.25) is 0 Å². The number of carbonyl (C=O) groups is 1. The first-order chi connectivity index (χ1) is 18.1. The summed E-state index contributed by atoms with van der Waals surface area (Å²) in [4.78, 5) is 11.9. The average Bonchev–Trinajstić information content (AvgIpc) is 2.83. The second kappa shape index (κ2) is 14.0. The van der Waals surface area contributed by atoms with Crippen LogP contribution in [0, 0.1) is 22.7 Å². The van der Waals surface area contributed by atoms with E-state index >= 15 is 0 Å². The third kappa shape index (κ3) is 9.93. The van der Waals surface area contributed by atoms with Gasteiger partial charge >= 0.3 is 5.97 Å². The van der Waals surface area contributed by atoms with Crippen LogP contribution in [-0.4, -0.2) is 36.0 Å². The van der Waals surface area contributed by atoms with E-state index in [0.29, 0.717) is 6.61 Å². The summed E-state index contributed by atoms with van der Waals surface area (Å²) in [5.41, 5.74) is 2.00. The van der Waals surface area contributed by atoms with E-state index in [1.54, 1.807) is 0 Å². The van der Waals surface area contributed by atoms with Crippen LogP contribution in [0.5, 0.6) is 0 Å². The molecule has 1 N–H and O–H groups in total. The zero-order valence-electron chi connectivity index (χ0n) is 23.8. The number of aliphatic hydroxyl groups is 1. The lowest BCUT2D eigenvalue weighted by Crippen LogP contribution is -2.32. The first kappa shape index (κ1) is 29.9. The number of esters is 1. The van der Waals surface area contributed by atoms with Gasteiger partial charge < -0.3 is 14.6 Å². The van der Waals surface area contributed by atoms with Crippen LogP contribution < -0.4 is 0 Å². The first-order valence-electron chi connectivity index (χ1n) is 14.2. The van der Waals surface area contributed by atoms with Gasteiger partial charge in [0, 0.05) is 17.4 Å². The Bertz CT molecular complexity index is 1040. The number of hydrogen-bond donors (Lipinski definition) is 1. The molecule has 0 saturated heterocycles. The Morgan fingerprint density at radius 1 is 1.11 bits per heavy atom. The number of aliphatic hydroxyl groups excluding tert-OH is 1. The Balaban J connectivity index is 1.49. The van der Waals surface area contributed by atoms with Crippen molar-refractivity contribution in [3.05, 3.63) is 71.8 Å². The predicted molar refractivity (Wildman–Crippen MR) is 154 cm³/mol. The summed E-state index contributed by atoms with van der Waals surface area (Å²) in [5.74, 6) is 6.30. The van der Waals surface area contributed by atoms with Crippen LogP contribution in [0.1, 0.15) is 91.0 Å². The van der Waals surface area contributed by atoms with Crippen LogP contribution in [0.25, 0.3) is 0 Å². The van der Waals surface area contributed by atoms with Crippen molar-refractivity contribution in [1.82, 2.24) is 0 Å². The summed E-state index contributed by atoms with van der Waals surface area (Å²) in [6, 6.07) is 10.1. The summed E-state index contributed by atoms with van der Waals surface area (Å²) >= 11 is 0. The Labute approximate surface area is 230 Å². The van der Waals surface area contributed by atoms with Crippen molar-refractivity contribution in [2.75, 3.05) is 13.2 Å². The minimum atomic E-state index is -0.498. The van der Waals surface area contributed by atoms with Crippen molar-refractivity contribution in [1.29, 1.82) is 0 Å². The van der Waals surface area contributed by atoms with Gasteiger partial charge in [0.1, 0.15) is 12.2 Å². The van der Waals surface area contributed by atoms with Crippen molar-refractivity contribution in [2.45, 2.75) is 97.2 Å². The molecule has 0 bridgehead atoms. The monoisotopic (exact) mass is 518 g/mol. The molecule has 0 heterocycles. The van der Waals surface area contributed by atoms with Crippen molar-refractivity contribution < 1.29 is 19.4 Å². The molecule has 0 amide bonds. The minimum Gasteiger partial charge on any atom is -0.458 e. The zero-order valence-corrected chi connectivity index (χ0v) is 23.8. The number of ether oxygens (including phenoxy) is 2. The molecular weight excluding hydrogens is 472 g/mol. The Hall–Kier alpha value is -2.61. The third-order valence-corrected chi connectivity index (χ3v) is 7.65. The molecule has 2 atom stereocenters. The molecule has 3 rings (SSSR count). The van der Waals surface area contributed by atoms with Crippen molar-refractivity contribution in [3.63, 3.8) is 0 Å². The van der Waals surface area contributed by atoms with Gasteiger partial charge in [-0.1, -0.05) is 85.8 Å². The maximum atomic E-state index is 11.9. The lowest BCUT2D eigenvalue weighted by atomic mass is 9.64. The van der Waals surface area contributed by atoms with E-state index in [0.717, 1.165) is 44.1 Å². The van der Waals surface area contributed by atoms with Gasteiger partial charge in [-0.15, -0.1) is 0 Å². The summed E-state index contributed by atoms with van der Waals surface area (Å²) in [6.45, 7) is 8.20. The van der Waals surface area contributed by atoms with Gasteiger partial charge in [-0.2, -0.15) is 0 Å². The van der Waals surface area contributed by atoms with Crippen LogP contribution in [-0.2, 0) is 14.3 Å². The predicted octanol–water partition coefficient (Wildman–Crippen LogP) is 7.33. The first-order valence-corrected chi connectivity index (χ1v) is 14.2. The molecule has 1 aromatic carbocycles. The SMILES string of the molecule is CC(C)(C)OC(=O)COC/C=C1\CCCC[C@@]1(C)/C=C/C=C/[C@H](O)CC1(CC#Cc2ccccc2)CCC1. The smallest absolute Gasteiger partial charge is 0.332 e. The van der Waals surface area contributed by atoms with Gasteiger partial charge in [0.25, 0.3) is 0 Å². The normalized spacial score (nSPS) is 23.1. The molecule has 0 aromatic heterocycles. The second-order valence-electron chi connectivity index (χ2n) is 12.2. The highest BCUT2D eigenvalue weighted by atomic mass is 16.6. The fourth-order valence-corrected chi connectivity index (χ4v) is 5.41. The molecule has 2 fully saturated rings. The largest absolute Gasteiger partial charge is 0.458 e. The Morgan fingerprint density at radius 3 is 2.55 bits per heavy atom. The highest BCUT2D eigenvalue weighted by molar-refractivity contribution is 5.71. The molecule has 1 aromatic rings. The fraction of sp³-hybridized carbons (Fsp3) is 0.559. The molecular formula is C34H46O4. The molecule has 0 spiro atoms.